The number of aromatic nitrogens is 3. The molecule has 0 unspecified atom stereocenters. The molecule has 0 saturated heterocycles. The number of fused-ring (bicyclic) bond motifs is 1. The van der Waals surface area contributed by atoms with E-state index in [0.29, 0.717) is 0 Å². The number of thioether (sulfide) groups is 1. The van der Waals surface area contributed by atoms with Gasteiger partial charge in [-0.05, 0) is 48.4 Å². The second-order valence-corrected chi connectivity index (χ2v) is 8.07. The molecule has 0 saturated carbocycles. The van der Waals surface area contributed by atoms with E-state index in [0.717, 1.165) is 63.3 Å². The van der Waals surface area contributed by atoms with Gasteiger partial charge in [-0.25, -0.2) is 9.50 Å². The van der Waals surface area contributed by atoms with Crippen molar-refractivity contribution in [2.75, 3.05) is 6.61 Å². The van der Waals surface area contributed by atoms with Crippen LogP contribution in [0.4, 0.5) is 0 Å². The number of benzene rings is 2. The largest absolute Gasteiger partial charge is 0.494 e. The predicted molar refractivity (Wildman–Crippen MR) is 120 cm³/mol. The van der Waals surface area contributed by atoms with Crippen molar-refractivity contribution >= 4 is 28.9 Å². The SMILES string of the molecule is CCCCOc1ccc(-c2cc3c(SCc4ccccc4Cl)nccn3n2)cc1. The second kappa shape index (κ2) is 9.33. The maximum Gasteiger partial charge on any atom is 0.122 e. The maximum absolute atomic E-state index is 6.28. The molecule has 0 aliphatic heterocycles. The number of nitrogens with zero attached hydrogens (tertiary/aromatic N) is 3. The lowest BCUT2D eigenvalue weighted by molar-refractivity contribution is 0.309. The monoisotopic (exact) mass is 423 g/mol. The summed E-state index contributed by atoms with van der Waals surface area (Å²) in [5.41, 5.74) is 4.06. The lowest BCUT2D eigenvalue weighted by atomic mass is 10.1. The Labute approximate surface area is 179 Å². The summed E-state index contributed by atoms with van der Waals surface area (Å²) in [5, 5.41) is 6.43. The van der Waals surface area contributed by atoms with Gasteiger partial charge in [-0.3, -0.25) is 0 Å². The van der Waals surface area contributed by atoms with Crippen LogP contribution >= 0.6 is 23.4 Å². The molecule has 148 valence electrons. The van der Waals surface area contributed by atoms with Crippen molar-refractivity contribution < 1.29 is 4.74 Å². The van der Waals surface area contributed by atoms with E-state index in [4.69, 9.17) is 21.4 Å². The molecule has 0 spiro atoms. The number of rotatable bonds is 8. The van der Waals surface area contributed by atoms with Crippen LogP contribution in [0.3, 0.4) is 0 Å². The number of unbranched alkanes of at least 4 members (excludes halogenated alkanes) is 1. The lowest BCUT2D eigenvalue weighted by Crippen LogP contribution is -1.96. The normalized spacial score (nSPS) is 11.1. The van der Waals surface area contributed by atoms with Crippen LogP contribution in [0.25, 0.3) is 16.8 Å². The molecule has 0 aliphatic carbocycles. The number of ether oxygens (including phenoxy) is 1. The van der Waals surface area contributed by atoms with Crippen LogP contribution in [0, 0.1) is 0 Å². The predicted octanol–water partition coefficient (Wildman–Crippen LogP) is 6.52. The van der Waals surface area contributed by atoms with Crippen molar-refractivity contribution in [1.29, 1.82) is 0 Å². The van der Waals surface area contributed by atoms with Gasteiger partial charge in [0.2, 0.25) is 0 Å². The zero-order valence-corrected chi connectivity index (χ0v) is 17.8. The quantitative estimate of drug-likeness (QED) is 0.239. The highest BCUT2D eigenvalue weighted by atomic mass is 35.5. The minimum atomic E-state index is 0.752. The number of hydrogen-bond acceptors (Lipinski definition) is 4. The molecule has 0 atom stereocenters. The first-order valence-electron chi connectivity index (χ1n) is 9.68. The zero-order chi connectivity index (χ0) is 20.1. The van der Waals surface area contributed by atoms with Gasteiger partial charge in [0.1, 0.15) is 10.8 Å². The highest BCUT2D eigenvalue weighted by Gasteiger charge is 2.11. The summed E-state index contributed by atoms with van der Waals surface area (Å²) >= 11 is 7.95. The topological polar surface area (TPSA) is 39.4 Å². The molecule has 2 aromatic carbocycles. The summed E-state index contributed by atoms with van der Waals surface area (Å²) in [6.07, 6.45) is 5.85. The van der Waals surface area contributed by atoms with E-state index in [1.54, 1.807) is 18.0 Å². The third-order valence-corrected chi connectivity index (χ3v) is 6.01. The van der Waals surface area contributed by atoms with E-state index in [9.17, 15) is 0 Å². The molecule has 0 N–H and O–H groups in total. The summed E-state index contributed by atoms with van der Waals surface area (Å²) in [5.74, 6) is 1.65. The van der Waals surface area contributed by atoms with Crippen molar-refractivity contribution in [3.63, 3.8) is 0 Å². The van der Waals surface area contributed by atoms with Crippen molar-refractivity contribution in [2.45, 2.75) is 30.5 Å². The molecule has 0 bridgehead atoms. The Bertz CT molecular complexity index is 1090. The zero-order valence-electron chi connectivity index (χ0n) is 16.2. The van der Waals surface area contributed by atoms with E-state index in [2.05, 4.69) is 18.0 Å². The van der Waals surface area contributed by atoms with Gasteiger partial charge in [-0.2, -0.15) is 5.10 Å². The van der Waals surface area contributed by atoms with Gasteiger partial charge >= 0.3 is 0 Å². The Morgan fingerprint density at radius 1 is 1.10 bits per heavy atom. The fourth-order valence-corrected chi connectivity index (χ4v) is 4.23. The molecule has 29 heavy (non-hydrogen) atoms. The van der Waals surface area contributed by atoms with Gasteiger partial charge in [-0.1, -0.05) is 54.9 Å². The summed E-state index contributed by atoms with van der Waals surface area (Å²) in [6.45, 7) is 2.91. The fourth-order valence-electron chi connectivity index (χ4n) is 2.97. The van der Waals surface area contributed by atoms with E-state index in [1.165, 1.54) is 0 Å². The highest BCUT2D eigenvalue weighted by molar-refractivity contribution is 7.98. The van der Waals surface area contributed by atoms with Gasteiger partial charge in [0, 0.05) is 28.7 Å². The minimum Gasteiger partial charge on any atom is -0.494 e. The van der Waals surface area contributed by atoms with Crippen LogP contribution in [-0.2, 0) is 5.75 Å². The van der Waals surface area contributed by atoms with Gasteiger partial charge < -0.3 is 4.74 Å². The summed E-state index contributed by atoms with van der Waals surface area (Å²) in [4.78, 5) is 4.55. The van der Waals surface area contributed by atoms with Crippen molar-refractivity contribution in [3.8, 4) is 17.0 Å². The Hall–Kier alpha value is -2.50. The first-order chi connectivity index (χ1) is 14.2. The summed E-state index contributed by atoms with van der Waals surface area (Å²) in [7, 11) is 0. The Kier molecular flexibility index (Phi) is 6.37. The first kappa shape index (κ1) is 19.8. The molecule has 4 nitrogen and oxygen atoms in total. The first-order valence-corrected chi connectivity index (χ1v) is 11.0. The van der Waals surface area contributed by atoms with Crippen LogP contribution in [0.15, 0.2) is 72.0 Å². The smallest absolute Gasteiger partial charge is 0.122 e. The molecule has 0 radical (unpaired) electrons. The molecular weight excluding hydrogens is 402 g/mol. The molecule has 6 heteroatoms. The van der Waals surface area contributed by atoms with Gasteiger partial charge in [0.25, 0.3) is 0 Å². The summed E-state index contributed by atoms with van der Waals surface area (Å²) in [6, 6.07) is 18.1. The van der Waals surface area contributed by atoms with Gasteiger partial charge in [-0.15, -0.1) is 0 Å². The number of halogens is 1. The average Bonchev–Trinajstić information content (AvgIpc) is 3.19. The van der Waals surface area contributed by atoms with E-state index in [-0.39, 0.29) is 0 Å². The van der Waals surface area contributed by atoms with E-state index >= 15 is 0 Å². The Balaban J connectivity index is 1.53. The van der Waals surface area contributed by atoms with Crippen molar-refractivity contribution in [2.24, 2.45) is 0 Å². The van der Waals surface area contributed by atoms with Crippen LogP contribution in [0.1, 0.15) is 25.3 Å². The molecular formula is C23H22ClN3OS. The third-order valence-electron chi connectivity index (χ3n) is 4.59. The van der Waals surface area contributed by atoms with Crippen LogP contribution in [-0.4, -0.2) is 21.2 Å². The van der Waals surface area contributed by atoms with Gasteiger partial charge in [0.15, 0.2) is 0 Å². The van der Waals surface area contributed by atoms with Crippen LogP contribution in [0.2, 0.25) is 5.02 Å². The van der Waals surface area contributed by atoms with Gasteiger partial charge in [0.05, 0.1) is 17.8 Å². The molecule has 4 rings (SSSR count). The highest BCUT2D eigenvalue weighted by Crippen LogP contribution is 2.30. The average molecular weight is 424 g/mol. The van der Waals surface area contributed by atoms with Crippen LogP contribution in [0.5, 0.6) is 5.75 Å². The molecule has 0 aliphatic rings. The minimum absolute atomic E-state index is 0.752. The fraction of sp³-hybridized carbons (Fsp3) is 0.217. The van der Waals surface area contributed by atoms with Crippen molar-refractivity contribution in [3.05, 3.63) is 77.6 Å². The molecule has 0 fully saturated rings. The Morgan fingerprint density at radius 3 is 2.72 bits per heavy atom. The maximum atomic E-state index is 6.28. The molecule has 4 aromatic rings. The third kappa shape index (κ3) is 4.74. The Morgan fingerprint density at radius 2 is 1.93 bits per heavy atom. The van der Waals surface area contributed by atoms with E-state index in [1.807, 2.05) is 59.2 Å². The molecule has 2 aromatic heterocycles. The number of hydrogen-bond donors (Lipinski definition) is 0. The lowest BCUT2D eigenvalue weighted by Gasteiger charge is -2.05. The molecule has 2 heterocycles. The van der Waals surface area contributed by atoms with Crippen LogP contribution < -0.4 is 4.74 Å². The standard InChI is InChI=1S/C23H22ClN3OS/c1-2-3-14-28-19-10-8-17(9-11-19)21-15-22-23(25-12-13-27(22)26-21)29-16-18-6-4-5-7-20(18)24/h4-13,15H,2-3,14,16H2,1H3. The second-order valence-electron chi connectivity index (χ2n) is 6.70. The molecule has 0 amide bonds. The van der Waals surface area contributed by atoms with E-state index < -0.39 is 0 Å². The van der Waals surface area contributed by atoms with Crippen molar-refractivity contribution in [1.82, 2.24) is 14.6 Å². The summed E-state index contributed by atoms with van der Waals surface area (Å²) < 4.78 is 7.63.